The monoisotopic (exact) mass is 247 g/mol. The van der Waals surface area contributed by atoms with Crippen molar-refractivity contribution in [2.75, 3.05) is 5.32 Å². The number of hydrogen-bond acceptors (Lipinski definition) is 2. The summed E-state index contributed by atoms with van der Waals surface area (Å²) in [5.74, 6) is 0.104. The van der Waals surface area contributed by atoms with E-state index in [9.17, 15) is 5.11 Å². The Balaban J connectivity index is 2.02. The topological polar surface area (TPSA) is 32.3 Å². The van der Waals surface area contributed by atoms with Gasteiger partial charge < -0.3 is 10.4 Å². The molecule has 2 aromatic rings. The number of aryl methyl sites for hydroxylation is 1. The summed E-state index contributed by atoms with van der Waals surface area (Å²) in [5.41, 5.74) is 3.36. The van der Waals surface area contributed by atoms with Crippen LogP contribution in [0.2, 0.25) is 5.02 Å². The van der Waals surface area contributed by atoms with Gasteiger partial charge in [0.15, 0.2) is 0 Å². The van der Waals surface area contributed by atoms with Crippen LogP contribution in [0.1, 0.15) is 11.1 Å². The van der Waals surface area contributed by atoms with Crippen LogP contribution in [0.3, 0.4) is 0 Å². The lowest BCUT2D eigenvalue weighted by atomic mass is 10.1. The Morgan fingerprint density at radius 2 is 1.82 bits per heavy atom. The number of phenols is 1. The standard InChI is InChI=1S/C14H14ClNO/c1-10-2-4-11(5-3-10)9-16-12-6-7-14(17)13(15)8-12/h2-8,16-17H,9H2,1H3. The maximum Gasteiger partial charge on any atom is 0.134 e. The Morgan fingerprint density at radius 3 is 2.47 bits per heavy atom. The van der Waals surface area contributed by atoms with E-state index in [-0.39, 0.29) is 5.75 Å². The third-order valence-electron chi connectivity index (χ3n) is 2.56. The first-order valence-corrected chi connectivity index (χ1v) is 5.81. The van der Waals surface area contributed by atoms with Crippen LogP contribution in [0.25, 0.3) is 0 Å². The normalized spacial score (nSPS) is 10.2. The van der Waals surface area contributed by atoms with E-state index in [0.717, 1.165) is 12.2 Å². The molecule has 0 saturated heterocycles. The first-order valence-electron chi connectivity index (χ1n) is 5.43. The van der Waals surface area contributed by atoms with E-state index < -0.39 is 0 Å². The number of nitrogens with one attached hydrogen (secondary N) is 1. The molecule has 3 heteroatoms. The number of halogens is 1. The van der Waals surface area contributed by atoms with Crippen LogP contribution in [0.15, 0.2) is 42.5 Å². The van der Waals surface area contributed by atoms with Gasteiger partial charge in [0.05, 0.1) is 5.02 Å². The predicted octanol–water partition coefficient (Wildman–Crippen LogP) is 3.97. The minimum Gasteiger partial charge on any atom is -0.506 e. The fraction of sp³-hybridized carbons (Fsp3) is 0.143. The molecule has 0 aliphatic rings. The van der Waals surface area contributed by atoms with Crippen LogP contribution in [-0.2, 0) is 6.54 Å². The van der Waals surface area contributed by atoms with Crippen LogP contribution >= 0.6 is 11.6 Å². The van der Waals surface area contributed by atoms with E-state index >= 15 is 0 Å². The Kier molecular flexibility index (Phi) is 3.55. The summed E-state index contributed by atoms with van der Waals surface area (Å²) < 4.78 is 0. The first kappa shape index (κ1) is 11.8. The molecule has 0 aliphatic heterocycles. The summed E-state index contributed by atoms with van der Waals surface area (Å²) in [6, 6.07) is 13.4. The van der Waals surface area contributed by atoms with Crippen LogP contribution in [-0.4, -0.2) is 5.11 Å². The Bertz CT molecular complexity index is 508. The van der Waals surface area contributed by atoms with Gasteiger partial charge in [-0.05, 0) is 30.7 Å². The minimum absolute atomic E-state index is 0.104. The Labute approximate surface area is 106 Å². The van der Waals surface area contributed by atoms with Gasteiger partial charge in [-0.25, -0.2) is 0 Å². The second-order valence-electron chi connectivity index (χ2n) is 4.01. The van der Waals surface area contributed by atoms with Crippen LogP contribution in [0.4, 0.5) is 5.69 Å². The lowest BCUT2D eigenvalue weighted by molar-refractivity contribution is 0.475. The first-order chi connectivity index (χ1) is 8.15. The molecule has 17 heavy (non-hydrogen) atoms. The fourth-order valence-electron chi connectivity index (χ4n) is 1.53. The lowest BCUT2D eigenvalue weighted by Gasteiger charge is -2.07. The van der Waals surface area contributed by atoms with E-state index in [1.807, 2.05) is 0 Å². The average Bonchev–Trinajstić information content (AvgIpc) is 2.33. The molecule has 2 rings (SSSR count). The molecular formula is C14H14ClNO. The summed E-state index contributed by atoms with van der Waals surface area (Å²) in [6.07, 6.45) is 0. The molecule has 2 nitrogen and oxygen atoms in total. The molecule has 88 valence electrons. The third kappa shape index (κ3) is 3.14. The van der Waals surface area contributed by atoms with Crippen molar-refractivity contribution in [3.63, 3.8) is 0 Å². The van der Waals surface area contributed by atoms with Gasteiger partial charge in [0.25, 0.3) is 0 Å². The van der Waals surface area contributed by atoms with Gasteiger partial charge in [0.1, 0.15) is 5.75 Å². The predicted molar refractivity (Wildman–Crippen MR) is 71.6 cm³/mol. The van der Waals surface area contributed by atoms with Gasteiger partial charge in [-0.2, -0.15) is 0 Å². The summed E-state index contributed by atoms with van der Waals surface area (Å²) in [7, 11) is 0. The van der Waals surface area contributed by atoms with Crippen molar-refractivity contribution >= 4 is 17.3 Å². The average molecular weight is 248 g/mol. The summed E-state index contributed by atoms with van der Waals surface area (Å²) in [6.45, 7) is 2.80. The number of aromatic hydroxyl groups is 1. The van der Waals surface area contributed by atoms with E-state index in [4.69, 9.17) is 11.6 Å². The molecule has 0 fully saturated rings. The summed E-state index contributed by atoms with van der Waals surface area (Å²) >= 11 is 5.83. The van der Waals surface area contributed by atoms with Crippen molar-refractivity contribution in [2.24, 2.45) is 0 Å². The molecule has 0 spiro atoms. The molecule has 2 N–H and O–H groups in total. The van der Waals surface area contributed by atoms with E-state index in [1.54, 1.807) is 18.2 Å². The molecule has 0 heterocycles. The maximum atomic E-state index is 9.30. The van der Waals surface area contributed by atoms with Crippen LogP contribution in [0, 0.1) is 6.92 Å². The van der Waals surface area contributed by atoms with E-state index in [2.05, 4.69) is 36.5 Å². The second-order valence-corrected chi connectivity index (χ2v) is 4.41. The number of benzene rings is 2. The lowest BCUT2D eigenvalue weighted by Crippen LogP contribution is -1.98. The van der Waals surface area contributed by atoms with Crippen molar-refractivity contribution in [3.05, 3.63) is 58.6 Å². The zero-order valence-corrected chi connectivity index (χ0v) is 10.3. The van der Waals surface area contributed by atoms with Gasteiger partial charge in [-0.1, -0.05) is 41.4 Å². The number of phenolic OH excluding ortho intramolecular Hbond substituents is 1. The van der Waals surface area contributed by atoms with Crippen molar-refractivity contribution in [2.45, 2.75) is 13.5 Å². The molecule has 0 aliphatic carbocycles. The van der Waals surface area contributed by atoms with Crippen LogP contribution < -0.4 is 5.32 Å². The molecule has 0 atom stereocenters. The molecule has 2 aromatic carbocycles. The molecule has 0 unspecified atom stereocenters. The van der Waals surface area contributed by atoms with E-state index in [0.29, 0.717) is 5.02 Å². The third-order valence-corrected chi connectivity index (χ3v) is 2.87. The molecule has 0 aromatic heterocycles. The van der Waals surface area contributed by atoms with Crippen molar-refractivity contribution in [3.8, 4) is 5.75 Å². The second kappa shape index (κ2) is 5.11. The zero-order chi connectivity index (χ0) is 12.3. The SMILES string of the molecule is Cc1ccc(CNc2ccc(O)c(Cl)c2)cc1. The number of hydrogen-bond donors (Lipinski definition) is 2. The quantitative estimate of drug-likeness (QED) is 0.805. The zero-order valence-electron chi connectivity index (χ0n) is 9.57. The molecule has 0 saturated carbocycles. The van der Waals surface area contributed by atoms with Crippen molar-refractivity contribution in [1.82, 2.24) is 0 Å². The van der Waals surface area contributed by atoms with Gasteiger partial charge in [0, 0.05) is 12.2 Å². The molecule has 0 amide bonds. The largest absolute Gasteiger partial charge is 0.506 e. The van der Waals surface area contributed by atoms with E-state index in [1.165, 1.54) is 11.1 Å². The Hall–Kier alpha value is -1.67. The summed E-state index contributed by atoms with van der Waals surface area (Å²) in [4.78, 5) is 0. The number of anilines is 1. The van der Waals surface area contributed by atoms with Crippen molar-refractivity contribution in [1.29, 1.82) is 0 Å². The highest BCUT2D eigenvalue weighted by Gasteiger charge is 1.99. The van der Waals surface area contributed by atoms with Gasteiger partial charge in [-0.3, -0.25) is 0 Å². The highest BCUT2D eigenvalue weighted by atomic mass is 35.5. The molecule has 0 bridgehead atoms. The van der Waals surface area contributed by atoms with Crippen molar-refractivity contribution < 1.29 is 5.11 Å². The highest BCUT2D eigenvalue weighted by Crippen LogP contribution is 2.26. The van der Waals surface area contributed by atoms with Gasteiger partial charge in [-0.15, -0.1) is 0 Å². The smallest absolute Gasteiger partial charge is 0.134 e. The fourth-order valence-corrected chi connectivity index (χ4v) is 1.71. The Morgan fingerprint density at radius 1 is 1.12 bits per heavy atom. The summed E-state index contributed by atoms with van der Waals surface area (Å²) in [5, 5.41) is 12.9. The highest BCUT2D eigenvalue weighted by molar-refractivity contribution is 6.32. The number of rotatable bonds is 3. The minimum atomic E-state index is 0.104. The van der Waals surface area contributed by atoms with Crippen LogP contribution in [0.5, 0.6) is 5.75 Å². The maximum absolute atomic E-state index is 9.30. The molecular weight excluding hydrogens is 234 g/mol. The molecule has 0 radical (unpaired) electrons. The van der Waals surface area contributed by atoms with Gasteiger partial charge >= 0.3 is 0 Å². The van der Waals surface area contributed by atoms with Gasteiger partial charge in [0.2, 0.25) is 0 Å².